The summed E-state index contributed by atoms with van der Waals surface area (Å²) in [5.41, 5.74) is 1.91. The zero-order valence-electron chi connectivity index (χ0n) is 10.2. The number of furan rings is 1. The topological polar surface area (TPSA) is 117 Å². The molecule has 0 aliphatic rings. The molecule has 0 saturated carbocycles. The molecule has 2 heterocycles. The van der Waals surface area contributed by atoms with Crippen LogP contribution < -0.4 is 11.0 Å². The number of imidazole rings is 1. The molecule has 0 saturated heterocycles. The quantitative estimate of drug-likeness (QED) is 0.496. The van der Waals surface area contributed by atoms with Gasteiger partial charge in [0, 0.05) is 5.69 Å². The molecular formula is C12H10N4O4. The van der Waals surface area contributed by atoms with Gasteiger partial charge in [-0.1, -0.05) is 0 Å². The molecule has 3 N–H and O–H groups in total. The lowest BCUT2D eigenvalue weighted by molar-refractivity contribution is -0.402. The maximum Gasteiger partial charge on any atom is 0.433 e. The molecule has 0 bridgehead atoms. The lowest BCUT2D eigenvalue weighted by atomic mass is 10.2. The number of aromatic amines is 2. The summed E-state index contributed by atoms with van der Waals surface area (Å²) >= 11 is 0. The summed E-state index contributed by atoms with van der Waals surface area (Å²) in [5.74, 6) is 0.173. The highest BCUT2D eigenvalue weighted by Crippen LogP contribution is 2.18. The minimum Gasteiger partial charge on any atom is -0.404 e. The van der Waals surface area contributed by atoms with E-state index >= 15 is 0 Å². The fraction of sp³-hybridized carbons (Fsp3) is 0.0833. The highest BCUT2D eigenvalue weighted by Gasteiger charge is 2.11. The van der Waals surface area contributed by atoms with Crippen molar-refractivity contribution in [1.29, 1.82) is 0 Å². The van der Waals surface area contributed by atoms with E-state index in [1.807, 2.05) is 0 Å². The maximum absolute atomic E-state index is 11.1. The first-order valence-electron chi connectivity index (χ1n) is 5.81. The van der Waals surface area contributed by atoms with Crippen molar-refractivity contribution in [1.82, 2.24) is 9.97 Å². The Kier molecular flexibility index (Phi) is 2.75. The van der Waals surface area contributed by atoms with Crippen LogP contribution >= 0.6 is 0 Å². The van der Waals surface area contributed by atoms with E-state index in [0.717, 1.165) is 5.69 Å². The van der Waals surface area contributed by atoms with Gasteiger partial charge in [0.1, 0.15) is 10.7 Å². The standard InChI is InChI=1S/C12H10N4O4/c17-12-14-9-3-1-7(5-10(9)15-12)13-6-8-2-4-11(20-8)16(18)19/h1-5,13H,6H2,(H2,14,15,17). The number of anilines is 1. The monoisotopic (exact) mass is 274 g/mol. The third-order valence-corrected chi connectivity index (χ3v) is 2.81. The van der Waals surface area contributed by atoms with Crippen molar-refractivity contribution < 1.29 is 9.34 Å². The number of nitrogens with one attached hydrogen (secondary N) is 3. The van der Waals surface area contributed by atoms with Crippen LogP contribution in [0.25, 0.3) is 11.0 Å². The molecule has 0 atom stereocenters. The van der Waals surface area contributed by atoms with Gasteiger partial charge in [-0.05, 0) is 24.3 Å². The van der Waals surface area contributed by atoms with Gasteiger partial charge in [-0.15, -0.1) is 0 Å². The largest absolute Gasteiger partial charge is 0.433 e. The Labute approximate surface area is 111 Å². The molecule has 102 valence electrons. The lowest BCUT2D eigenvalue weighted by Gasteiger charge is -2.03. The highest BCUT2D eigenvalue weighted by atomic mass is 16.6. The van der Waals surface area contributed by atoms with Gasteiger partial charge in [-0.3, -0.25) is 10.1 Å². The minimum absolute atomic E-state index is 0.265. The third-order valence-electron chi connectivity index (χ3n) is 2.81. The molecule has 3 rings (SSSR count). The molecule has 0 spiro atoms. The summed E-state index contributed by atoms with van der Waals surface area (Å²) in [5, 5.41) is 13.6. The predicted octanol–water partition coefficient (Wildman–Crippen LogP) is 1.97. The summed E-state index contributed by atoms with van der Waals surface area (Å²) in [6.45, 7) is 0.313. The third kappa shape index (κ3) is 2.26. The van der Waals surface area contributed by atoms with Crippen LogP contribution in [0.15, 0.2) is 39.5 Å². The molecule has 2 aromatic heterocycles. The minimum atomic E-state index is -0.583. The molecule has 0 unspecified atom stereocenters. The summed E-state index contributed by atoms with van der Waals surface area (Å²) < 4.78 is 5.03. The zero-order chi connectivity index (χ0) is 14.1. The first-order valence-corrected chi connectivity index (χ1v) is 5.81. The molecular weight excluding hydrogens is 264 g/mol. The molecule has 0 amide bonds. The number of aromatic nitrogens is 2. The normalized spacial score (nSPS) is 10.8. The molecule has 1 aromatic carbocycles. The second kappa shape index (κ2) is 4.57. The number of benzene rings is 1. The summed E-state index contributed by atoms with van der Waals surface area (Å²) in [6, 6.07) is 8.18. The number of hydrogen-bond acceptors (Lipinski definition) is 5. The fourth-order valence-corrected chi connectivity index (χ4v) is 1.89. The van der Waals surface area contributed by atoms with Crippen molar-refractivity contribution in [2.45, 2.75) is 6.54 Å². The Morgan fingerprint density at radius 2 is 2.00 bits per heavy atom. The van der Waals surface area contributed by atoms with Crippen LogP contribution in [-0.2, 0) is 6.54 Å². The molecule has 0 fully saturated rings. The van der Waals surface area contributed by atoms with E-state index in [1.165, 1.54) is 6.07 Å². The number of rotatable bonds is 4. The van der Waals surface area contributed by atoms with Crippen molar-refractivity contribution in [3.8, 4) is 0 Å². The molecule has 8 nitrogen and oxygen atoms in total. The molecule has 20 heavy (non-hydrogen) atoms. The molecule has 3 aromatic rings. The number of H-pyrrole nitrogens is 2. The fourth-order valence-electron chi connectivity index (χ4n) is 1.89. The summed E-state index contributed by atoms with van der Waals surface area (Å²) in [6.07, 6.45) is 0. The number of hydrogen-bond donors (Lipinski definition) is 3. The van der Waals surface area contributed by atoms with E-state index in [0.29, 0.717) is 23.3 Å². The van der Waals surface area contributed by atoms with Gasteiger partial charge < -0.3 is 19.7 Å². The molecule has 0 aliphatic heterocycles. The molecule has 0 radical (unpaired) electrons. The van der Waals surface area contributed by atoms with E-state index < -0.39 is 4.92 Å². The van der Waals surface area contributed by atoms with Crippen molar-refractivity contribution in [3.63, 3.8) is 0 Å². The van der Waals surface area contributed by atoms with E-state index in [1.54, 1.807) is 24.3 Å². The van der Waals surface area contributed by atoms with Crippen LogP contribution in [0.2, 0.25) is 0 Å². The zero-order valence-corrected chi connectivity index (χ0v) is 10.2. The summed E-state index contributed by atoms with van der Waals surface area (Å²) in [7, 11) is 0. The number of nitro groups is 1. The number of nitrogens with zero attached hydrogens (tertiary/aromatic N) is 1. The lowest BCUT2D eigenvalue weighted by Crippen LogP contribution is -1.99. The van der Waals surface area contributed by atoms with Crippen LogP contribution in [-0.4, -0.2) is 14.9 Å². The van der Waals surface area contributed by atoms with E-state index in [9.17, 15) is 14.9 Å². The van der Waals surface area contributed by atoms with Crippen LogP contribution in [0.5, 0.6) is 0 Å². The Balaban J connectivity index is 1.75. The Morgan fingerprint density at radius 1 is 1.20 bits per heavy atom. The van der Waals surface area contributed by atoms with Gasteiger partial charge in [-0.2, -0.15) is 0 Å². The Morgan fingerprint density at radius 3 is 2.75 bits per heavy atom. The molecule has 8 heteroatoms. The van der Waals surface area contributed by atoms with E-state index in [4.69, 9.17) is 4.42 Å². The Bertz CT molecular complexity index is 829. The van der Waals surface area contributed by atoms with E-state index in [-0.39, 0.29) is 11.6 Å². The second-order valence-corrected chi connectivity index (χ2v) is 4.19. The van der Waals surface area contributed by atoms with Crippen molar-refractivity contribution >= 4 is 22.6 Å². The second-order valence-electron chi connectivity index (χ2n) is 4.19. The Hall–Kier alpha value is -3.03. The van der Waals surface area contributed by atoms with Crippen molar-refractivity contribution in [2.24, 2.45) is 0 Å². The van der Waals surface area contributed by atoms with E-state index in [2.05, 4.69) is 15.3 Å². The van der Waals surface area contributed by atoms with Gasteiger partial charge in [0.15, 0.2) is 0 Å². The maximum atomic E-state index is 11.1. The predicted molar refractivity (Wildman–Crippen MR) is 71.6 cm³/mol. The summed E-state index contributed by atoms with van der Waals surface area (Å²) in [4.78, 5) is 26.3. The smallest absolute Gasteiger partial charge is 0.404 e. The van der Waals surface area contributed by atoms with Crippen LogP contribution in [0, 0.1) is 10.1 Å². The first-order chi connectivity index (χ1) is 9.61. The number of fused-ring (bicyclic) bond motifs is 1. The average Bonchev–Trinajstić information content (AvgIpc) is 3.00. The SMILES string of the molecule is O=c1[nH]c2ccc(NCc3ccc([N+](=O)[O-])o3)cc2[nH]1. The van der Waals surface area contributed by atoms with Gasteiger partial charge in [0.05, 0.1) is 23.6 Å². The molecule has 0 aliphatic carbocycles. The van der Waals surface area contributed by atoms with Crippen LogP contribution in [0.4, 0.5) is 11.6 Å². The average molecular weight is 274 g/mol. The van der Waals surface area contributed by atoms with Crippen LogP contribution in [0.1, 0.15) is 5.76 Å². The first kappa shape index (κ1) is 12.0. The van der Waals surface area contributed by atoms with Gasteiger partial charge in [0.25, 0.3) is 0 Å². The van der Waals surface area contributed by atoms with Gasteiger partial charge in [-0.25, -0.2) is 4.79 Å². The van der Waals surface area contributed by atoms with Crippen molar-refractivity contribution in [3.05, 3.63) is 56.7 Å². The van der Waals surface area contributed by atoms with Crippen molar-refractivity contribution in [2.75, 3.05) is 5.32 Å². The van der Waals surface area contributed by atoms with Gasteiger partial charge in [0.2, 0.25) is 0 Å². The van der Waals surface area contributed by atoms with Gasteiger partial charge >= 0.3 is 11.6 Å². The highest BCUT2D eigenvalue weighted by molar-refractivity contribution is 5.78. The van der Waals surface area contributed by atoms with Crippen LogP contribution in [0.3, 0.4) is 0 Å².